The molecule has 0 fully saturated rings. The molecule has 76 valence electrons. The van der Waals surface area contributed by atoms with Crippen molar-refractivity contribution in [1.29, 1.82) is 0 Å². The molecule has 1 aromatic rings. The molecule has 14 heavy (non-hydrogen) atoms. The molecule has 0 heteroatoms. The topological polar surface area (TPSA) is 0 Å². The summed E-state index contributed by atoms with van der Waals surface area (Å²) in [5.41, 5.74) is 4.87. The Morgan fingerprint density at radius 1 is 1.14 bits per heavy atom. The molecule has 1 aromatic carbocycles. The fourth-order valence-electron chi connectivity index (χ4n) is 2.79. The van der Waals surface area contributed by atoms with Crippen LogP contribution in [0, 0.1) is 12.8 Å². The van der Waals surface area contributed by atoms with E-state index in [1.54, 1.807) is 11.1 Å². The summed E-state index contributed by atoms with van der Waals surface area (Å²) in [5, 5.41) is 0. The second kappa shape index (κ2) is 2.85. The van der Waals surface area contributed by atoms with Gasteiger partial charge < -0.3 is 0 Å². The molecule has 2 rings (SSSR count). The van der Waals surface area contributed by atoms with Gasteiger partial charge in [0.2, 0.25) is 0 Å². The molecule has 0 saturated heterocycles. The van der Waals surface area contributed by atoms with Crippen molar-refractivity contribution in [3.8, 4) is 0 Å². The smallest absolute Gasteiger partial charge is 0.00694 e. The highest BCUT2D eigenvalue weighted by molar-refractivity contribution is 5.44. The molecule has 0 aromatic heterocycles. The molecular weight excluding hydrogens is 168 g/mol. The SMILES string of the molecule is Cc1ccc2c(c1)[C@@H](C)[C@H](C)C2(C)C. The Morgan fingerprint density at radius 3 is 2.43 bits per heavy atom. The van der Waals surface area contributed by atoms with E-state index in [0.29, 0.717) is 11.3 Å². The maximum Gasteiger partial charge on any atom is -0.00694 e. The van der Waals surface area contributed by atoms with Gasteiger partial charge in [-0.05, 0) is 35.3 Å². The standard InChI is InChI=1S/C14H20/c1-9-6-7-13-12(8-9)10(2)11(3)14(13,4)5/h6-8,10-11H,1-5H3/t10-,11-/m0/s1. The molecule has 0 unspecified atom stereocenters. The summed E-state index contributed by atoms with van der Waals surface area (Å²) >= 11 is 0. The van der Waals surface area contributed by atoms with Crippen LogP contribution in [0.25, 0.3) is 0 Å². The van der Waals surface area contributed by atoms with Crippen molar-refractivity contribution < 1.29 is 0 Å². The summed E-state index contributed by atoms with van der Waals surface area (Å²) in [6, 6.07) is 6.93. The minimum Gasteiger partial charge on any atom is -0.0611 e. The van der Waals surface area contributed by atoms with Crippen LogP contribution in [0.3, 0.4) is 0 Å². The van der Waals surface area contributed by atoms with E-state index in [1.807, 2.05) is 0 Å². The van der Waals surface area contributed by atoms with Gasteiger partial charge in [0.15, 0.2) is 0 Å². The van der Waals surface area contributed by atoms with Gasteiger partial charge in [-0.25, -0.2) is 0 Å². The molecule has 0 bridgehead atoms. The molecule has 0 amide bonds. The summed E-state index contributed by atoms with van der Waals surface area (Å²) in [6.07, 6.45) is 0. The van der Waals surface area contributed by atoms with Crippen LogP contribution in [0.4, 0.5) is 0 Å². The zero-order valence-electron chi connectivity index (χ0n) is 9.89. The Bertz CT molecular complexity index is 360. The van der Waals surface area contributed by atoms with Crippen LogP contribution < -0.4 is 0 Å². The lowest BCUT2D eigenvalue weighted by Crippen LogP contribution is -2.22. The molecule has 0 nitrogen and oxygen atoms in total. The maximum atomic E-state index is 2.38. The van der Waals surface area contributed by atoms with Crippen LogP contribution >= 0.6 is 0 Å². The highest BCUT2D eigenvalue weighted by Gasteiger charge is 2.40. The second-order valence-electron chi connectivity index (χ2n) is 5.39. The van der Waals surface area contributed by atoms with E-state index in [9.17, 15) is 0 Å². The molecular formula is C14H20. The summed E-state index contributed by atoms with van der Waals surface area (Å²) in [6.45, 7) is 11.7. The van der Waals surface area contributed by atoms with Gasteiger partial charge in [0.25, 0.3) is 0 Å². The van der Waals surface area contributed by atoms with Gasteiger partial charge in [0, 0.05) is 0 Å². The van der Waals surface area contributed by atoms with Crippen molar-refractivity contribution >= 4 is 0 Å². The van der Waals surface area contributed by atoms with E-state index in [1.165, 1.54) is 5.56 Å². The average molecular weight is 188 g/mol. The zero-order valence-corrected chi connectivity index (χ0v) is 9.89. The van der Waals surface area contributed by atoms with E-state index in [-0.39, 0.29) is 0 Å². The van der Waals surface area contributed by atoms with Crippen molar-refractivity contribution in [2.45, 2.75) is 46.0 Å². The molecule has 0 radical (unpaired) electrons. The monoisotopic (exact) mass is 188 g/mol. The Kier molecular flexibility index (Phi) is 1.99. The number of hydrogen-bond acceptors (Lipinski definition) is 0. The predicted molar refractivity (Wildman–Crippen MR) is 61.8 cm³/mol. The molecule has 0 aliphatic heterocycles. The number of rotatable bonds is 0. The normalized spacial score (nSPS) is 28.9. The van der Waals surface area contributed by atoms with Crippen LogP contribution in [0.15, 0.2) is 18.2 Å². The van der Waals surface area contributed by atoms with Gasteiger partial charge >= 0.3 is 0 Å². The van der Waals surface area contributed by atoms with Crippen molar-refractivity contribution in [3.05, 3.63) is 34.9 Å². The predicted octanol–water partition coefficient (Wildman–Crippen LogP) is 4.03. The van der Waals surface area contributed by atoms with Gasteiger partial charge in [0.05, 0.1) is 0 Å². The van der Waals surface area contributed by atoms with E-state index in [4.69, 9.17) is 0 Å². The highest BCUT2D eigenvalue weighted by atomic mass is 14.4. The molecule has 0 N–H and O–H groups in total. The lowest BCUT2D eigenvalue weighted by molar-refractivity contribution is 0.342. The van der Waals surface area contributed by atoms with Gasteiger partial charge in [-0.1, -0.05) is 51.5 Å². The largest absolute Gasteiger partial charge is 0.0611 e. The van der Waals surface area contributed by atoms with E-state index in [2.05, 4.69) is 52.8 Å². The van der Waals surface area contributed by atoms with Gasteiger partial charge in [-0.15, -0.1) is 0 Å². The number of aryl methyl sites for hydroxylation is 1. The molecule has 1 aliphatic carbocycles. The first-order valence-electron chi connectivity index (χ1n) is 5.55. The molecule has 0 heterocycles. The Hall–Kier alpha value is -0.780. The van der Waals surface area contributed by atoms with Crippen molar-refractivity contribution in [3.63, 3.8) is 0 Å². The highest BCUT2D eigenvalue weighted by Crippen LogP contribution is 2.49. The fraction of sp³-hybridized carbons (Fsp3) is 0.571. The minimum absolute atomic E-state index is 0.350. The van der Waals surface area contributed by atoms with Gasteiger partial charge in [0.1, 0.15) is 0 Å². The summed E-state index contributed by atoms with van der Waals surface area (Å²) < 4.78 is 0. The number of benzene rings is 1. The first-order valence-corrected chi connectivity index (χ1v) is 5.55. The average Bonchev–Trinajstić information content (AvgIpc) is 2.28. The van der Waals surface area contributed by atoms with Crippen LogP contribution in [0.1, 0.15) is 50.3 Å². The number of hydrogen-bond donors (Lipinski definition) is 0. The Morgan fingerprint density at radius 2 is 1.79 bits per heavy atom. The lowest BCUT2D eigenvalue weighted by Gasteiger charge is -2.26. The maximum absolute atomic E-state index is 2.38. The van der Waals surface area contributed by atoms with Crippen LogP contribution in [-0.2, 0) is 5.41 Å². The molecule has 0 saturated carbocycles. The third-order valence-corrected chi connectivity index (χ3v) is 4.28. The molecule has 1 aliphatic rings. The zero-order chi connectivity index (χ0) is 10.5. The quantitative estimate of drug-likeness (QED) is 0.576. The van der Waals surface area contributed by atoms with Crippen molar-refractivity contribution in [1.82, 2.24) is 0 Å². The van der Waals surface area contributed by atoms with Crippen molar-refractivity contribution in [2.24, 2.45) is 5.92 Å². The van der Waals surface area contributed by atoms with Crippen molar-refractivity contribution in [2.75, 3.05) is 0 Å². The van der Waals surface area contributed by atoms with Crippen LogP contribution in [-0.4, -0.2) is 0 Å². The Balaban J connectivity index is 2.62. The van der Waals surface area contributed by atoms with E-state index in [0.717, 1.165) is 5.92 Å². The Labute approximate surface area is 87.3 Å². The summed E-state index contributed by atoms with van der Waals surface area (Å²) in [4.78, 5) is 0. The second-order valence-corrected chi connectivity index (χ2v) is 5.39. The van der Waals surface area contributed by atoms with Crippen LogP contribution in [0.5, 0.6) is 0 Å². The summed E-state index contributed by atoms with van der Waals surface area (Å²) in [7, 11) is 0. The third-order valence-electron chi connectivity index (χ3n) is 4.28. The van der Waals surface area contributed by atoms with Gasteiger partial charge in [-0.3, -0.25) is 0 Å². The minimum atomic E-state index is 0.350. The third kappa shape index (κ3) is 1.13. The van der Waals surface area contributed by atoms with Crippen LogP contribution in [0.2, 0.25) is 0 Å². The fourth-order valence-corrected chi connectivity index (χ4v) is 2.79. The molecule has 2 atom stereocenters. The first-order chi connectivity index (χ1) is 6.44. The van der Waals surface area contributed by atoms with Gasteiger partial charge in [-0.2, -0.15) is 0 Å². The van der Waals surface area contributed by atoms with E-state index >= 15 is 0 Å². The first kappa shape index (κ1) is 9.76. The summed E-state index contributed by atoms with van der Waals surface area (Å²) in [5.74, 6) is 1.46. The number of fused-ring (bicyclic) bond motifs is 1. The van der Waals surface area contributed by atoms with E-state index < -0.39 is 0 Å². The molecule has 0 spiro atoms. The lowest BCUT2D eigenvalue weighted by atomic mass is 9.77.